The fraction of sp³-hybridized carbons (Fsp3) is 0.800. The number of hydrogen-bond donors (Lipinski definition) is 2. The molecule has 0 spiro atoms. The topological polar surface area (TPSA) is 91.5 Å². The van der Waals surface area contributed by atoms with Crippen molar-refractivity contribution in [1.29, 1.82) is 0 Å². The summed E-state index contributed by atoms with van der Waals surface area (Å²) in [6.45, 7) is 2.18. The monoisotopic (exact) mass is 308 g/mol. The second-order valence-electron chi connectivity index (χ2n) is 6.29. The molecule has 1 aromatic rings. The lowest BCUT2D eigenvalue weighted by Crippen LogP contribution is -2.43. The van der Waals surface area contributed by atoms with Crippen molar-refractivity contribution in [2.45, 2.75) is 63.5 Å². The van der Waals surface area contributed by atoms with E-state index >= 15 is 0 Å². The molecule has 122 valence electrons. The Balaban J connectivity index is 1.58. The molecule has 0 radical (unpaired) electrons. The predicted molar refractivity (Wildman–Crippen MR) is 79.3 cm³/mol. The van der Waals surface area contributed by atoms with Gasteiger partial charge >= 0.3 is 6.03 Å². The van der Waals surface area contributed by atoms with Gasteiger partial charge in [-0.1, -0.05) is 18.0 Å². The lowest BCUT2D eigenvalue weighted by Gasteiger charge is -2.23. The second kappa shape index (κ2) is 6.64. The van der Waals surface area contributed by atoms with Gasteiger partial charge in [0.05, 0.1) is 6.61 Å². The minimum atomic E-state index is -0.324. The first kappa shape index (κ1) is 15.3. The zero-order valence-electron chi connectivity index (χ0n) is 13.0. The number of amides is 2. The van der Waals surface area contributed by atoms with E-state index in [0.717, 1.165) is 31.5 Å². The van der Waals surface area contributed by atoms with Gasteiger partial charge in [-0.2, -0.15) is 4.98 Å². The van der Waals surface area contributed by atoms with Crippen molar-refractivity contribution in [2.24, 2.45) is 0 Å². The third-order valence-corrected chi connectivity index (χ3v) is 4.48. The molecule has 2 aliphatic carbocycles. The lowest BCUT2D eigenvalue weighted by molar-refractivity contribution is 0.169. The highest BCUT2D eigenvalue weighted by Crippen LogP contribution is 2.32. The maximum Gasteiger partial charge on any atom is 0.318 e. The van der Waals surface area contributed by atoms with Crippen LogP contribution >= 0.6 is 0 Å². The molecule has 2 fully saturated rings. The van der Waals surface area contributed by atoms with E-state index in [-0.39, 0.29) is 24.7 Å². The number of nitrogens with zero attached hydrogens (tertiary/aromatic N) is 3. The number of carbonyl (C=O) groups is 1. The van der Waals surface area contributed by atoms with E-state index in [0.29, 0.717) is 18.4 Å². The Bertz CT molecular complexity index is 509. The van der Waals surface area contributed by atoms with Gasteiger partial charge in [-0.25, -0.2) is 4.79 Å². The van der Waals surface area contributed by atoms with Crippen molar-refractivity contribution in [3.63, 3.8) is 0 Å². The molecule has 0 aliphatic heterocycles. The number of rotatable bonds is 6. The molecule has 1 atom stereocenters. The van der Waals surface area contributed by atoms with Crippen LogP contribution in [-0.4, -0.2) is 45.4 Å². The summed E-state index contributed by atoms with van der Waals surface area (Å²) in [5, 5.41) is 16.0. The maximum absolute atomic E-state index is 12.3. The van der Waals surface area contributed by atoms with Gasteiger partial charge in [0.1, 0.15) is 6.04 Å². The molecule has 0 saturated heterocycles. The Morgan fingerprint density at radius 1 is 1.41 bits per heavy atom. The van der Waals surface area contributed by atoms with Gasteiger partial charge in [-0.05, 0) is 32.6 Å². The van der Waals surface area contributed by atoms with E-state index in [2.05, 4.69) is 15.5 Å². The van der Waals surface area contributed by atoms with Crippen LogP contribution in [0.4, 0.5) is 4.79 Å². The van der Waals surface area contributed by atoms with E-state index in [9.17, 15) is 4.79 Å². The van der Waals surface area contributed by atoms with Crippen LogP contribution in [0.15, 0.2) is 4.52 Å². The Hall–Kier alpha value is -1.63. The lowest BCUT2D eigenvalue weighted by atomic mass is 10.1. The van der Waals surface area contributed by atoms with E-state index in [1.807, 2.05) is 6.92 Å². The molecule has 2 N–H and O–H groups in total. The molecule has 22 heavy (non-hydrogen) atoms. The van der Waals surface area contributed by atoms with Gasteiger partial charge in [0.25, 0.3) is 0 Å². The van der Waals surface area contributed by atoms with Gasteiger partial charge in [0, 0.05) is 18.5 Å². The number of aromatic nitrogens is 2. The normalized spacial score (nSPS) is 20.1. The zero-order chi connectivity index (χ0) is 15.5. The molecule has 1 heterocycles. The minimum absolute atomic E-state index is 0.0231. The Morgan fingerprint density at radius 3 is 2.77 bits per heavy atom. The molecule has 1 unspecified atom stereocenters. The summed E-state index contributed by atoms with van der Waals surface area (Å²) >= 11 is 0. The number of carbonyl (C=O) groups excluding carboxylic acids is 1. The van der Waals surface area contributed by atoms with Crippen LogP contribution in [0.25, 0.3) is 0 Å². The van der Waals surface area contributed by atoms with Crippen LogP contribution in [0.3, 0.4) is 0 Å². The highest BCUT2D eigenvalue weighted by molar-refractivity contribution is 5.75. The third kappa shape index (κ3) is 3.40. The molecule has 0 aromatic carbocycles. The Labute approximate surface area is 130 Å². The number of nitrogens with one attached hydrogen (secondary N) is 1. The van der Waals surface area contributed by atoms with E-state index < -0.39 is 0 Å². The van der Waals surface area contributed by atoms with Crippen molar-refractivity contribution < 1.29 is 14.4 Å². The molecule has 3 rings (SSSR count). The van der Waals surface area contributed by atoms with Crippen LogP contribution in [0.5, 0.6) is 0 Å². The van der Waals surface area contributed by atoms with Crippen molar-refractivity contribution in [2.75, 3.05) is 13.2 Å². The SMILES string of the molecule is CC(NC(=O)N(CCO)C1CC1)c1nc(C2CCCC2)no1. The fourth-order valence-corrected chi connectivity index (χ4v) is 3.05. The molecule has 2 saturated carbocycles. The molecular formula is C15H24N4O3. The van der Waals surface area contributed by atoms with Gasteiger partial charge in [0.2, 0.25) is 5.89 Å². The number of hydrogen-bond acceptors (Lipinski definition) is 5. The quantitative estimate of drug-likeness (QED) is 0.838. The molecule has 7 nitrogen and oxygen atoms in total. The average Bonchev–Trinajstić information content (AvgIpc) is 3.02. The first-order chi connectivity index (χ1) is 10.7. The molecule has 0 bridgehead atoms. The summed E-state index contributed by atoms with van der Waals surface area (Å²) in [6.07, 6.45) is 6.69. The fourth-order valence-electron chi connectivity index (χ4n) is 3.05. The number of aliphatic hydroxyl groups is 1. The highest BCUT2D eigenvalue weighted by atomic mass is 16.5. The summed E-state index contributed by atoms with van der Waals surface area (Å²) in [5.74, 6) is 1.62. The number of aliphatic hydroxyl groups excluding tert-OH is 1. The number of urea groups is 1. The molecule has 1 aromatic heterocycles. The average molecular weight is 308 g/mol. The Morgan fingerprint density at radius 2 is 2.14 bits per heavy atom. The van der Waals surface area contributed by atoms with Crippen molar-refractivity contribution in [1.82, 2.24) is 20.4 Å². The van der Waals surface area contributed by atoms with Gasteiger partial charge in [0.15, 0.2) is 5.82 Å². The standard InChI is InChI=1S/C15H24N4O3/c1-10(16-15(21)19(8-9-20)12-6-7-12)14-17-13(18-22-14)11-4-2-3-5-11/h10-12,20H,2-9H2,1H3,(H,16,21). The van der Waals surface area contributed by atoms with E-state index in [1.165, 1.54) is 12.8 Å². The van der Waals surface area contributed by atoms with Crippen LogP contribution < -0.4 is 5.32 Å². The maximum atomic E-state index is 12.3. The minimum Gasteiger partial charge on any atom is -0.395 e. The highest BCUT2D eigenvalue weighted by Gasteiger charge is 2.33. The van der Waals surface area contributed by atoms with Crippen molar-refractivity contribution in [3.05, 3.63) is 11.7 Å². The van der Waals surface area contributed by atoms with Crippen molar-refractivity contribution >= 4 is 6.03 Å². The van der Waals surface area contributed by atoms with Crippen LogP contribution in [0, 0.1) is 0 Å². The largest absolute Gasteiger partial charge is 0.395 e. The van der Waals surface area contributed by atoms with Crippen LogP contribution in [-0.2, 0) is 0 Å². The van der Waals surface area contributed by atoms with E-state index in [1.54, 1.807) is 4.90 Å². The Kier molecular flexibility index (Phi) is 4.61. The van der Waals surface area contributed by atoms with Crippen molar-refractivity contribution in [3.8, 4) is 0 Å². The summed E-state index contributed by atoms with van der Waals surface area (Å²) in [5.41, 5.74) is 0. The summed E-state index contributed by atoms with van der Waals surface area (Å²) in [7, 11) is 0. The molecular weight excluding hydrogens is 284 g/mol. The van der Waals surface area contributed by atoms with Gasteiger partial charge in [-0.15, -0.1) is 0 Å². The van der Waals surface area contributed by atoms with E-state index in [4.69, 9.17) is 9.63 Å². The summed E-state index contributed by atoms with van der Waals surface area (Å²) < 4.78 is 5.31. The predicted octanol–water partition coefficient (Wildman–Crippen LogP) is 1.95. The smallest absolute Gasteiger partial charge is 0.318 e. The molecule has 7 heteroatoms. The zero-order valence-corrected chi connectivity index (χ0v) is 13.0. The molecule has 2 aliphatic rings. The first-order valence-corrected chi connectivity index (χ1v) is 8.20. The summed E-state index contributed by atoms with van der Waals surface area (Å²) in [6, 6.07) is -0.240. The third-order valence-electron chi connectivity index (χ3n) is 4.48. The van der Waals surface area contributed by atoms with Gasteiger partial charge in [-0.3, -0.25) is 0 Å². The first-order valence-electron chi connectivity index (χ1n) is 8.20. The van der Waals surface area contributed by atoms with Crippen LogP contribution in [0.2, 0.25) is 0 Å². The van der Waals surface area contributed by atoms with Gasteiger partial charge < -0.3 is 19.8 Å². The molecule has 2 amide bonds. The van der Waals surface area contributed by atoms with Crippen LogP contribution in [0.1, 0.15) is 69.1 Å². The summed E-state index contributed by atoms with van der Waals surface area (Å²) in [4.78, 5) is 18.4. The second-order valence-corrected chi connectivity index (χ2v) is 6.29.